The number of piperazine rings is 1. The zero-order valence-electron chi connectivity index (χ0n) is 13.2. The second-order valence-electron chi connectivity index (χ2n) is 6.97. The first-order valence-corrected chi connectivity index (χ1v) is 7.91. The number of anilines is 1. The minimum Gasteiger partial charge on any atom is -0.504 e. The molecule has 1 aliphatic heterocycles. The minimum absolute atomic E-state index is 0.101. The Morgan fingerprint density at radius 1 is 1.29 bits per heavy atom. The standard InChI is InChI=1S/C17H26N2O2/c1-17(2)11-19(14-7-5-4-6-13(14)18-17)12-8-9-15(20)16(10-12)21-3/h8-10,13-14,18,20H,4-7,11H2,1-3H3/t13-,14-/m1/s1. The van der Waals surface area contributed by atoms with Crippen LogP contribution in [0, 0.1) is 0 Å². The van der Waals surface area contributed by atoms with Gasteiger partial charge in [0.25, 0.3) is 0 Å². The number of rotatable bonds is 2. The molecule has 2 N–H and O–H groups in total. The number of nitrogens with zero attached hydrogens (tertiary/aromatic N) is 1. The summed E-state index contributed by atoms with van der Waals surface area (Å²) in [6.07, 6.45) is 5.10. The number of phenolic OH excluding ortho intramolecular Hbond substituents is 1. The van der Waals surface area contributed by atoms with Crippen molar-refractivity contribution in [1.82, 2.24) is 5.32 Å². The van der Waals surface area contributed by atoms with Crippen LogP contribution in [0.25, 0.3) is 0 Å². The Labute approximate surface area is 127 Å². The lowest BCUT2D eigenvalue weighted by Gasteiger charge is -2.52. The normalized spacial score (nSPS) is 28.0. The molecule has 1 heterocycles. The topological polar surface area (TPSA) is 44.7 Å². The lowest BCUT2D eigenvalue weighted by Crippen LogP contribution is -2.67. The Bertz CT molecular complexity index is 516. The summed E-state index contributed by atoms with van der Waals surface area (Å²) < 4.78 is 5.27. The van der Waals surface area contributed by atoms with Gasteiger partial charge >= 0.3 is 0 Å². The second-order valence-corrected chi connectivity index (χ2v) is 6.97. The van der Waals surface area contributed by atoms with Crippen molar-refractivity contribution in [2.24, 2.45) is 0 Å². The van der Waals surface area contributed by atoms with Gasteiger partial charge in [-0.1, -0.05) is 12.8 Å². The smallest absolute Gasteiger partial charge is 0.162 e. The van der Waals surface area contributed by atoms with Crippen LogP contribution in [0.3, 0.4) is 0 Å². The van der Waals surface area contributed by atoms with E-state index in [0.29, 0.717) is 17.8 Å². The molecule has 0 amide bonds. The zero-order chi connectivity index (χ0) is 15.0. The number of hydrogen-bond acceptors (Lipinski definition) is 4. The molecule has 4 heteroatoms. The van der Waals surface area contributed by atoms with E-state index in [1.807, 2.05) is 12.1 Å². The van der Waals surface area contributed by atoms with Crippen LogP contribution in [-0.2, 0) is 0 Å². The summed E-state index contributed by atoms with van der Waals surface area (Å²) in [5.41, 5.74) is 1.25. The molecule has 0 spiro atoms. The van der Waals surface area contributed by atoms with E-state index in [1.54, 1.807) is 13.2 Å². The van der Waals surface area contributed by atoms with Crippen LogP contribution < -0.4 is 15.0 Å². The molecular formula is C17H26N2O2. The molecule has 2 aliphatic rings. The van der Waals surface area contributed by atoms with Gasteiger partial charge in [0, 0.05) is 35.9 Å². The van der Waals surface area contributed by atoms with Crippen molar-refractivity contribution in [3.63, 3.8) is 0 Å². The predicted molar refractivity (Wildman–Crippen MR) is 85.3 cm³/mol. The summed E-state index contributed by atoms with van der Waals surface area (Å²) in [5.74, 6) is 0.757. The van der Waals surface area contributed by atoms with Crippen molar-refractivity contribution in [3.8, 4) is 11.5 Å². The first-order chi connectivity index (χ1) is 10.00. The molecule has 1 aliphatic carbocycles. The molecule has 0 unspecified atom stereocenters. The van der Waals surface area contributed by atoms with Crippen LogP contribution in [0.2, 0.25) is 0 Å². The van der Waals surface area contributed by atoms with E-state index < -0.39 is 0 Å². The highest BCUT2D eigenvalue weighted by Crippen LogP contribution is 2.37. The van der Waals surface area contributed by atoms with Gasteiger partial charge in [-0.15, -0.1) is 0 Å². The molecule has 0 bridgehead atoms. The third kappa shape index (κ3) is 2.82. The average Bonchev–Trinajstić information content (AvgIpc) is 2.46. The van der Waals surface area contributed by atoms with Crippen molar-refractivity contribution in [3.05, 3.63) is 18.2 Å². The monoisotopic (exact) mass is 290 g/mol. The maximum Gasteiger partial charge on any atom is 0.162 e. The third-order valence-electron chi connectivity index (χ3n) is 4.77. The lowest BCUT2D eigenvalue weighted by atomic mass is 9.83. The molecule has 1 aromatic carbocycles. The molecule has 116 valence electrons. The Balaban J connectivity index is 1.94. The molecule has 1 saturated carbocycles. The van der Waals surface area contributed by atoms with Gasteiger partial charge in [0.2, 0.25) is 0 Å². The number of benzene rings is 1. The molecule has 2 atom stereocenters. The molecule has 2 fully saturated rings. The molecule has 0 aromatic heterocycles. The van der Waals surface area contributed by atoms with E-state index in [9.17, 15) is 5.11 Å². The number of aromatic hydroxyl groups is 1. The van der Waals surface area contributed by atoms with Crippen molar-refractivity contribution >= 4 is 5.69 Å². The number of hydrogen-bond donors (Lipinski definition) is 2. The van der Waals surface area contributed by atoms with Crippen molar-refractivity contribution in [2.75, 3.05) is 18.6 Å². The van der Waals surface area contributed by atoms with Crippen LogP contribution in [0.15, 0.2) is 18.2 Å². The van der Waals surface area contributed by atoms with Crippen molar-refractivity contribution < 1.29 is 9.84 Å². The Morgan fingerprint density at radius 3 is 2.81 bits per heavy atom. The van der Waals surface area contributed by atoms with Crippen LogP contribution in [-0.4, -0.2) is 36.4 Å². The number of methoxy groups -OCH3 is 1. The molecule has 4 nitrogen and oxygen atoms in total. The second kappa shape index (κ2) is 5.41. The molecule has 1 aromatic rings. The highest BCUT2D eigenvalue weighted by Gasteiger charge is 2.40. The van der Waals surface area contributed by atoms with E-state index in [-0.39, 0.29) is 11.3 Å². The maximum atomic E-state index is 9.81. The van der Waals surface area contributed by atoms with Gasteiger partial charge in [-0.05, 0) is 38.8 Å². The summed E-state index contributed by atoms with van der Waals surface area (Å²) in [6.45, 7) is 5.51. The Morgan fingerprint density at radius 2 is 2.05 bits per heavy atom. The van der Waals surface area contributed by atoms with E-state index in [0.717, 1.165) is 12.2 Å². The first-order valence-electron chi connectivity index (χ1n) is 7.91. The summed E-state index contributed by atoms with van der Waals surface area (Å²) in [6, 6.07) is 6.80. The summed E-state index contributed by atoms with van der Waals surface area (Å²) >= 11 is 0. The summed E-state index contributed by atoms with van der Waals surface area (Å²) in [4.78, 5) is 2.50. The van der Waals surface area contributed by atoms with Gasteiger partial charge < -0.3 is 20.1 Å². The summed E-state index contributed by atoms with van der Waals surface area (Å²) in [7, 11) is 1.60. The fourth-order valence-corrected chi connectivity index (χ4v) is 3.87. The van der Waals surface area contributed by atoms with Crippen molar-refractivity contribution in [2.45, 2.75) is 57.2 Å². The first kappa shape index (κ1) is 14.5. The van der Waals surface area contributed by atoms with Gasteiger partial charge in [-0.25, -0.2) is 0 Å². The van der Waals surface area contributed by atoms with Gasteiger partial charge in [-0.3, -0.25) is 0 Å². The minimum atomic E-state index is 0.101. The zero-order valence-corrected chi connectivity index (χ0v) is 13.2. The van der Waals surface area contributed by atoms with Crippen LogP contribution >= 0.6 is 0 Å². The fraction of sp³-hybridized carbons (Fsp3) is 0.647. The van der Waals surface area contributed by atoms with Gasteiger partial charge in [0.05, 0.1) is 7.11 Å². The van der Waals surface area contributed by atoms with Crippen LogP contribution in [0.4, 0.5) is 5.69 Å². The van der Waals surface area contributed by atoms with E-state index in [4.69, 9.17) is 4.74 Å². The highest BCUT2D eigenvalue weighted by atomic mass is 16.5. The van der Waals surface area contributed by atoms with E-state index in [1.165, 1.54) is 25.7 Å². The largest absolute Gasteiger partial charge is 0.504 e. The van der Waals surface area contributed by atoms with Crippen LogP contribution in [0.1, 0.15) is 39.5 Å². The number of nitrogens with one attached hydrogen (secondary N) is 1. The lowest BCUT2D eigenvalue weighted by molar-refractivity contribution is 0.199. The highest BCUT2D eigenvalue weighted by molar-refractivity contribution is 5.57. The average molecular weight is 290 g/mol. The van der Waals surface area contributed by atoms with Gasteiger partial charge in [0.15, 0.2) is 11.5 Å². The molecular weight excluding hydrogens is 264 g/mol. The molecule has 0 radical (unpaired) electrons. The number of ether oxygens (including phenoxy) is 1. The quantitative estimate of drug-likeness (QED) is 0.879. The van der Waals surface area contributed by atoms with Gasteiger partial charge in [0.1, 0.15) is 0 Å². The van der Waals surface area contributed by atoms with Crippen molar-refractivity contribution in [1.29, 1.82) is 0 Å². The Kier molecular flexibility index (Phi) is 3.74. The number of fused-ring (bicyclic) bond motifs is 1. The predicted octanol–water partition coefficient (Wildman–Crippen LogP) is 2.90. The third-order valence-corrected chi connectivity index (χ3v) is 4.77. The SMILES string of the molecule is COc1cc(N2CC(C)(C)N[C@@H]3CCCC[C@H]32)ccc1O. The van der Waals surface area contributed by atoms with E-state index in [2.05, 4.69) is 24.1 Å². The Hall–Kier alpha value is -1.42. The molecule has 3 rings (SSSR count). The van der Waals surface area contributed by atoms with Gasteiger partial charge in [-0.2, -0.15) is 0 Å². The number of phenols is 1. The fourth-order valence-electron chi connectivity index (χ4n) is 3.87. The maximum absolute atomic E-state index is 9.81. The van der Waals surface area contributed by atoms with Crippen LogP contribution in [0.5, 0.6) is 11.5 Å². The summed E-state index contributed by atoms with van der Waals surface area (Å²) in [5, 5.41) is 13.6. The molecule has 1 saturated heterocycles. The van der Waals surface area contributed by atoms with E-state index >= 15 is 0 Å². The molecule has 21 heavy (non-hydrogen) atoms.